The summed E-state index contributed by atoms with van der Waals surface area (Å²) in [6.45, 7) is 13.3. The summed E-state index contributed by atoms with van der Waals surface area (Å²) in [6, 6.07) is 1.49. The Bertz CT molecular complexity index is 383. The van der Waals surface area contributed by atoms with Crippen LogP contribution in [-0.2, 0) is 4.74 Å². The Morgan fingerprint density at radius 2 is 1.82 bits per heavy atom. The molecule has 1 N–H and O–H groups in total. The van der Waals surface area contributed by atoms with Gasteiger partial charge in [-0.15, -0.1) is 0 Å². The van der Waals surface area contributed by atoms with E-state index in [4.69, 9.17) is 4.74 Å². The molecule has 1 heterocycles. The van der Waals surface area contributed by atoms with Gasteiger partial charge in [-0.25, -0.2) is 4.79 Å². The van der Waals surface area contributed by atoms with Gasteiger partial charge < -0.3 is 15.0 Å². The summed E-state index contributed by atoms with van der Waals surface area (Å²) in [7, 11) is 0. The molecule has 2 atom stereocenters. The summed E-state index contributed by atoms with van der Waals surface area (Å²) in [5, 5.41) is 3.80. The summed E-state index contributed by atoms with van der Waals surface area (Å²) in [6.07, 6.45) is 4.53. The van der Waals surface area contributed by atoms with Crippen molar-refractivity contribution in [3.05, 3.63) is 0 Å². The van der Waals surface area contributed by atoms with Crippen LogP contribution in [0.3, 0.4) is 0 Å². The molecule has 2 rings (SSSR count). The molecule has 0 aromatic carbocycles. The van der Waals surface area contributed by atoms with Crippen LogP contribution in [0.25, 0.3) is 0 Å². The van der Waals surface area contributed by atoms with Gasteiger partial charge in [0.05, 0.1) is 0 Å². The fourth-order valence-electron chi connectivity index (χ4n) is 3.59. The predicted molar refractivity (Wildman–Crippen MR) is 89.9 cm³/mol. The average Bonchev–Trinajstić information content (AvgIpc) is 2.30. The normalized spacial score (nSPS) is 32.8. The Morgan fingerprint density at radius 3 is 2.32 bits per heavy atom. The van der Waals surface area contributed by atoms with Crippen molar-refractivity contribution < 1.29 is 9.53 Å². The number of carbonyl (C=O) groups excluding carboxylic acids is 1. The van der Waals surface area contributed by atoms with E-state index in [-0.39, 0.29) is 12.1 Å². The fraction of sp³-hybridized carbons (Fsp3) is 0.944. The minimum Gasteiger partial charge on any atom is -0.444 e. The number of hydrogen-bond donors (Lipinski definition) is 1. The molecular formula is C18H34N2O2. The zero-order chi connectivity index (χ0) is 16.5. The molecule has 0 bridgehead atoms. The molecule has 0 spiro atoms. The van der Waals surface area contributed by atoms with Crippen LogP contribution in [-0.4, -0.2) is 41.3 Å². The van der Waals surface area contributed by atoms with Gasteiger partial charge in [-0.1, -0.05) is 13.8 Å². The fourth-order valence-corrected chi connectivity index (χ4v) is 3.59. The summed E-state index contributed by atoms with van der Waals surface area (Å²) in [5.74, 6) is 1.71. The van der Waals surface area contributed by atoms with Gasteiger partial charge in [-0.2, -0.15) is 0 Å². The number of carbonyl (C=O) groups is 1. The lowest BCUT2D eigenvalue weighted by atomic mass is 9.73. The number of nitrogens with one attached hydrogen (secondary N) is 1. The van der Waals surface area contributed by atoms with Crippen molar-refractivity contribution in [2.75, 3.05) is 6.54 Å². The summed E-state index contributed by atoms with van der Waals surface area (Å²) >= 11 is 0. The molecule has 2 aliphatic rings. The summed E-state index contributed by atoms with van der Waals surface area (Å²) in [4.78, 5) is 14.1. The van der Waals surface area contributed by atoms with Crippen molar-refractivity contribution in [2.24, 2.45) is 11.8 Å². The van der Waals surface area contributed by atoms with E-state index in [2.05, 4.69) is 26.1 Å². The molecule has 1 aliphatic heterocycles. The van der Waals surface area contributed by atoms with E-state index >= 15 is 0 Å². The maximum atomic E-state index is 12.2. The highest BCUT2D eigenvalue weighted by Crippen LogP contribution is 2.34. The van der Waals surface area contributed by atoms with Crippen molar-refractivity contribution in [2.45, 2.75) is 91.0 Å². The van der Waals surface area contributed by atoms with Gasteiger partial charge in [0, 0.05) is 24.7 Å². The molecular weight excluding hydrogens is 276 g/mol. The molecule has 2 unspecified atom stereocenters. The van der Waals surface area contributed by atoms with Gasteiger partial charge in [0.1, 0.15) is 5.60 Å². The van der Waals surface area contributed by atoms with Crippen LogP contribution < -0.4 is 5.32 Å². The maximum Gasteiger partial charge on any atom is 0.410 e. The second-order valence-electron chi connectivity index (χ2n) is 8.58. The Balaban J connectivity index is 1.75. The highest BCUT2D eigenvalue weighted by molar-refractivity contribution is 5.68. The lowest BCUT2D eigenvalue weighted by Crippen LogP contribution is -2.55. The molecule has 1 aliphatic carbocycles. The second kappa shape index (κ2) is 6.77. The lowest BCUT2D eigenvalue weighted by molar-refractivity contribution is 0.00783. The Labute approximate surface area is 136 Å². The minimum atomic E-state index is -0.413. The third kappa shape index (κ3) is 4.61. The third-order valence-electron chi connectivity index (χ3n) is 5.09. The molecule has 0 radical (unpaired) electrons. The molecule has 4 heteroatoms. The first-order chi connectivity index (χ1) is 10.2. The van der Waals surface area contributed by atoms with Crippen molar-refractivity contribution in [3.63, 3.8) is 0 Å². The Morgan fingerprint density at radius 1 is 1.18 bits per heavy atom. The highest BCUT2D eigenvalue weighted by Gasteiger charge is 2.36. The van der Waals surface area contributed by atoms with Crippen LogP contribution in [0.15, 0.2) is 0 Å². The molecule has 1 saturated heterocycles. The monoisotopic (exact) mass is 310 g/mol. The molecule has 0 aromatic heterocycles. The zero-order valence-corrected chi connectivity index (χ0v) is 15.2. The van der Waals surface area contributed by atoms with Crippen molar-refractivity contribution in [1.29, 1.82) is 0 Å². The summed E-state index contributed by atoms with van der Waals surface area (Å²) in [5.41, 5.74) is -0.413. The van der Waals surface area contributed by atoms with Crippen molar-refractivity contribution in [3.8, 4) is 0 Å². The molecule has 1 saturated carbocycles. The van der Waals surface area contributed by atoms with Gasteiger partial charge in [0.25, 0.3) is 0 Å². The number of nitrogens with zero attached hydrogens (tertiary/aromatic N) is 1. The molecule has 0 aromatic rings. The van der Waals surface area contributed by atoms with Crippen molar-refractivity contribution >= 4 is 6.09 Å². The minimum absolute atomic E-state index is 0.165. The molecule has 22 heavy (non-hydrogen) atoms. The zero-order valence-electron chi connectivity index (χ0n) is 15.2. The first-order valence-electron chi connectivity index (χ1n) is 8.91. The molecule has 2 fully saturated rings. The first-order valence-corrected chi connectivity index (χ1v) is 8.91. The average molecular weight is 310 g/mol. The number of piperidine rings is 1. The van der Waals surface area contributed by atoms with Gasteiger partial charge in [0.2, 0.25) is 0 Å². The van der Waals surface area contributed by atoms with Gasteiger partial charge in [-0.3, -0.25) is 0 Å². The van der Waals surface area contributed by atoms with Gasteiger partial charge in [0.15, 0.2) is 0 Å². The van der Waals surface area contributed by atoms with Crippen molar-refractivity contribution in [1.82, 2.24) is 10.2 Å². The van der Waals surface area contributed by atoms with Crippen LogP contribution in [0, 0.1) is 11.8 Å². The first kappa shape index (κ1) is 17.6. The smallest absolute Gasteiger partial charge is 0.410 e. The lowest BCUT2D eigenvalue weighted by Gasteiger charge is -2.44. The van der Waals surface area contributed by atoms with E-state index in [1.807, 2.05) is 25.7 Å². The van der Waals surface area contributed by atoms with E-state index < -0.39 is 5.60 Å². The number of likely N-dealkylation sites (tertiary alicyclic amines) is 1. The largest absolute Gasteiger partial charge is 0.444 e. The number of hydrogen-bond acceptors (Lipinski definition) is 3. The maximum absolute atomic E-state index is 12.2. The summed E-state index contributed by atoms with van der Waals surface area (Å²) < 4.78 is 5.50. The Kier molecular flexibility index (Phi) is 5.41. The third-order valence-corrected chi connectivity index (χ3v) is 5.09. The van der Waals surface area contributed by atoms with Crippen LogP contribution in [0.5, 0.6) is 0 Å². The molecule has 4 nitrogen and oxygen atoms in total. The Hall–Kier alpha value is -0.770. The van der Waals surface area contributed by atoms with Crippen LogP contribution >= 0.6 is 0 Å². The molecule has 128 valence electrons. The van der Waals surface area contributed by atoms with E-state index in [1.165, 1.54) is 12.8 Å². The molecule has 1 amide bonds. The predicted octanol–water partition coefficient (Wildman–Crippen LogP) is 3.80. The SMILES string of the molecule is CC(C)C1CC(NC2CCN(C(=O)OC(C)(C)C)C(C)C2)C1. The standard InChI is InChI=1S/C18H34N2O2/c1-12(2)14-10-16(11-14)19-15-7-8-20(13(3)9-15)17(21)22-18(4,5)6/h12-16,19H,7-11H2,1-6H3. The highest BCUT2D eigenvalue weighted by atomic mass is 16.6. The number of amides is 1. The quantitative estimate of drug-likeness (QED) is 0.862. The van der Waals surface area contributed by atoms with Crippen LogP contribution in [0.2, 0.25) is 0 Å². The van der Waals surface area contributed by atoms with E-state index in [1.54, 1.807) is 0 Å². The van der Waals surface area contributed by atoms with E-state index in [9.17, 15) is 4.79 Å². The van der Waals surface area contributed by atoms with Crippen LogP contribution in [0.1, 0.15) is 67.2 Å². The van der Waals surface area contributed by atoms with Crippen LogP contribution in [0.4, 0.5) is 4.79 Å². The van der Waals surface area contributed by atoms with E-state index in [0.717, 1.165) is 31.2 Å². The number of ether oxygens (including phenoxy) is 1. The van der Waals surface area contributed by atoms with Gasteiger partial charge in [-0.05, 0) is 65.2 Å². The van der Waals surface area contributed by atoms with Gasteiger partial charge >= 0.3 is 6.09 Å². The topological polar surface area (TPSA) is 41.6 Å². The second-order valence-corrected chi connectivity index (χ2v) is 8.58. The number of rotatable bonds is 3. The van der Waals surface area contributed by atoms with E-state index in [0.29, 0.717) is 12.1 Å².